The van der Waals surface area contributed by atoms with Gasteiger partial charge < -0.3 is 16.4 Å². The zero-order chi connectivity index (χ0) is 21.1. The lowest BCUT2D eigenvalue weighted by atomic mass is 10.2. The molecule has 0 spiro atoms. The summed E-state index contributed by atoms with van der Waals surface area (Å²) in [5.74, 6) is -2.41. The van der Waals surface area contributed by atoms with Gasteiger partial charge in [0.05, 0.1) is 10.6 Å². The normalized spacial score (nSPS) is 10.4. The third-order valence-electron chi connectivity index (χ3n) is 4.02. The molecule has 4 N–H and O–H groups in total. The van der Waals surface area contributed by atoms with E-state index in [1.54, 1.807) is 24.3 Å². The van der Waals surface area contributed by atoms with Crippen LogP contribution in [0.2, 0.25) is 5.02 Å². The van der Waals surface area contributed by atoms with E-state index in [-0.39, 0.29) is 22.0 Å². The Labute approximate surface area is 169 Å². The maximum Gasteiger partial charge on any atom is 0.270 e. The Bertz CT molecular complexity index is 1110. The van der Waals surface area contributed by atoms with Crippen LogP contribution in [0.5, 0.6) is 0 Å². The standard InChI is InChI=1S/C19H15ClFN5O3/c1-23-19(29)16-15(17(22)27)24-9-26(16)12-5-3-11(4-6-12)25-18(28)13-7-2-10(21)8-14(13)20/h2-9H,1H3,(H2,22,27)(H,23,29)(H,25,28). The second-order valence-corrected chi connectivity index (χ2v) is 6.29. The number of hydrogen-bond donors (Lipinski definition) is 3. The summed E-state index contributed by atoms with van der Waals surface area (Å²) < 4.78 is 14.5. The number of primary amides is 1. The third-order valence-corrected chi connectivity index (χ3v) is 4.33. The molecule has 3 rings (SSSR count). The molecule has 3 aromatic rings. The highest BCUT2D eigenvalue weighted by atomic mass is 35.5. The molecule has 0 saturated carbocycles. The SMILES string of the molecule is CNC(=O)c1c(C(N)=O)ncn1-c1ccc(NC(=O)c2ccc(F)cc2Cl)cc1. The summed E-state index contributed by atoms with van der Waals surface area (Å²) in [7, 11) is 1.42. The van der Waals surface area contributed by atoms with Gasteiger partial charge in [0, 0.05) is 18.4 Å². The fourth-order valence-electron chi connectivity index (χ4n) is 2.64. The summed E-state index contributed by atoms with van der Waals surface area (Å²) in [5, 5.41) is 5.07. The number of nitrogens with one attached hydrogen (secondary N) is 2. The van der Waals surface area contributed by atoms with Gasteiger partial charge in [-0.1, -0.05) is 11.6 Å². The van der Waals surface area contributed by atoms with E-state index in [2.05, 4.69) is 15.6 Å². The average Bonchev–Trinajstić information content (AvgIpc) is 3.13. The van der Waals surface area contributed by atoms with Crippen LogP contribution in [0, 0.1) is 5.82 Å². The Hall–Kier alpha value is -3.72. The molecule has 0 saturated heterocycles. The first kappa shape index (κ1) is 20.0. The van der Waals surface area contributed by atoms with Crippen molar-refractivity contribution < 1.29 is 18.8 Å². The van der Waals surface area contributed by atoms with E-state index in [0.29, 0.717) is 11.4 Å². The molecule has 0 aliphatic rings. The van der Waals surface area contributed by atoms with E-state index in [4.69, 9.17) is 17.3 Å². The molecule has 8 nitrogen and oxygen atoms in total. The van der Waals surface area contributed by atoms with E-state index in [9.17, 15) is 18.8 Å². The van der Waals surface area contributed by atoms with Crippen LogP contribution in [0.1, 0.15) is 31.3 Å². The molecular formula is C19H15ClFN5O3. The van der Waals surface area contributed by atoms with Gasteiger partial charge in [-0.15, -0.1) is 0 Å². The molecule has 0 atom stereocenters. The van der Waals surface area contributed by atoms with Gasteiger partial charge in [0.1, 0.15) is 17.8 Å². The van der Waals surface area contributed by atoms with Gasteiger partial charge in [-0.3, -0.25) is 19.0 Å². The lowest BCUT2D eigenvalue weighted by molar-refractivity contribution is 0.0936. The number of amides is 3. The Kier molecular flexibility index (Phi) is 5.60. The highest BCUT2D eigenvalue weighted by Crippen LogP contribution is 2.21. The van der Waals surface area contributed by atoms with Gasteiger partial charge in [0.15, 0.2) is 5.69 Å². The molecule has 29 heavy (non-hydrogen) atoms. The smallest absolute Gasteiger partial charge is 0.270 e. The quantitative estimate of drug-likeness (QED) is 0.592. The average molecular weight is 416 g/mol. The van der Waals surface area contributed by atoms with Crippen LogP contribution in [-0.4, -0.2) is 34.3 Å². The second-order valence-electron chi connectivity index (χ2n) is 5.88. The van der Waals surface area contributed by atoms with Crippen LogP contribution in [0.15, 0.2) is 48.8 Å². The van der Waals surface area contributed by atoms with Crippen LogP contribution in [0.25, 0.3) is 5.69 Å². The van der Waals surface area contributed by atoms with Gasteiger partial charge in [-0.05, 0) is 42.5 Å². The Morgan fingerprint density at radius 2 is 1.79 bits per heavy atom. The van der Waals surface area contributed by atoms with E-state index in [0.717, 1.165) is 12.1 Å². The van der Waals surface area contributed by atoms with E-state index >= 15 is 0 Å². The van der Waals surface area contributed by atoms with E-state index in [1.165, 1.54) is 24.0 Å². The van der Waals surface area contributed by atoms with Crippen molar-refractivity contribution in [2.75, 3.05) is 12.4 Å². The predicted octanol–water partition coefficient (Wildman–Crippen LogP) is 2.38. The lowest BCUT2D eigenvalue weighted by Gasteiger charge is -2.10. The summed E-state index contributed by atoms with van der Waals surface area (Å²) >= 11 is 5.90. The van der Waals surface area contributed by atoms with Gasteiger partial charge >= 0.3 is 0 Å². The molecule has 0 fully saturated rings. The number of carbonyl (C=O) groups excluding carboxylic acids is 3. The predicted molar refractivity (Wildman–Crippen MR) is 105 cm³/mol. The van der Waals surface area contributed by atoms with Gasteiger partial charge in [0.25, 0.3) is 17.7 Å². The number of hydrogen-bond acceptors (Lipinski definition) is 4. The molecule has 1 aromatic heterocycles. The molecule has 2 aromatic carbocycles. The first-order valence-electron chi connectivity index (χ1n) is 8.28. The molecular weight excluding hydrogens is 401 g/mol. The van der Waals surface area contributed by atoms with Crippen molar-refractivity contribution in [2.45, 2.75) is 0 Å². The van der Waals surface area contributed by atoms with Gasteiger partial charge in [-0.2, -0.15) is 0 Å². The highest BCUT2D eigenvalue weighted by Gasteiger charge is 2.22. The molecule has 148 valence electrons. The molecule has 0 radical (unpaired) electrons. The monoisotopic (exact) mass is 415 g/mol. The van der Waals surface area contributed by atoms with Gasteiger partial charge in [-0.25, -0.2) is 9.37 Å². The number of nitrogens with two attached hydrogens (primary N) is 1. The summed E-state index contributed by atoms with van der Waals surface area (Å²) in [6, 6.07) is 9.87. The zero-order valence-corrected chi connectivity index (χ0v) is 15.8. The number of anilines is 1. The summed E-state index contributed by atoms with van der Waals surface area (Å²) in [6.45, 7) is 0. The van der Waals surface area contributed by atoms with Crippen molar-refractivity contribution in [3.8, 4) is 5.69 Å². The highest BCUT2D eigenvalue weighted by molar-refractivity contribution is 6.34. The first-order chi connectivity index (χ1) is 13.8. The first-order valence-corrected chi connectivity index (χ1v) is 8.65. The topological polar surface area (TPSA) is 119 Å². The van der Waals surface area contributed by atoms with Gasteiger partial charge in [0.2, 0.25) is 0 Å². The van der Waals surface area contributed by atoms with Crippen LogP contribution in [-0.2, 0) is 0 Å². The van der Waals surface area contributed by atoms with Crippen LogP contribution < -0.4 is 16.4 Å². The minimum Gasteiger partial charge on any atom is -0.364 e. The van der Waals surface area contributed by atoms with Crippen molar-refractivity contribution in [3.63, 3.8) is 0 Å². The Morgan fingerprint density at radius 1 is 1.10 bits per heavy atom. The Balaban J connectivity index is 1.87. The number of imidazole rings is 1. The number of halogens is 2. The maximum absolute atomic E-state index is 13.1. The number of benzene rings is 2. The summed E-state index contributed by atoms with van der Waals surface area (Å²) in [6.07, 6.45) is 1.30. The number of aromatic nitrogens is 2. The van der Waals surface area contributed by atoms with Crippen molar-refractivity contribution in [1.29, 1.82) is 0 Å². The molecule has 0 bridgehead atoms. The summed E-state index contributed by atoms with van der Waals surface area (Å²) in [4.78, 5) is 39.9. The molecule has 10 heteroatoms. The van der Waals surface area contributed by atoms with Crippen LogP contribution in [0.4, 0.5) is 10.1 Å². The molecule has 0 aliphatic carbocycles. The fourth-order valence-corrected chi connectivity index (χ4v) is 2.89. The van der Waals surface area contributed by atoms with Crippen molar-refractivity contribution in [3.05, 3.63) is 76.6 Å². The zero-order valence-electron chi connectivity index (χ0n) is 15.1. The van der Waals surface area contributed by atoms with Crippen molar-refractivity contribution in [1.82, 2.24) is 14.9 Å². The number of carbonyl (C=O) groups is 3. The molecule has 0 aliphatic heterocycles. The molecule has 0 unspecified atom stereocenters. The largest absolute Gasteiger partial charge is 0.364 e. The van der Waals surface area contributed by atoms with E-state index in [1.807, 2.05) is 0 Å². The Morgan fingerprint density at radius 3 is 2.38 bits per heavy atom. The van der Waals surface area contributed by atoms with Crippen molar-refractivity contribution >= 4 is 35.0 Å². The minimum absolute atomic E-state index is 0.00474. The minimum atomic E-state index is -0.831. The van der Waals surface area contributed by atoms with Crippen LogP contribution >= 0.6 is 11.6 Å². The lowest BCUT2D eigenvalue weighted by Crippen LogP contribution is -2.25. The van der Waals surface area contributed by atoms with Crippen molar-refractivity contribution in [2.24, 2.45) is 5.73 Å². The van der Waals surface area contributed by atoms with Crippen LogP contribution in [0.3, 0.4) is 0 Å². The molecule has 1 heterocycles. The van der Waals surface area contributed by atoms with E-state index < -0.39 is 23.5 Å². The maximum atomic E-state index is 13.1. The number of nitrogens with zero attached hydrogens (tertiary/aromatic N) is 2. The fraction of sp³-hybridized carbons (Fsp3) is 0.0526. The molecule has 3 amide bonds. The second kappa shape index (κ2) is 8.11. The number of rotatable bonds is 5. The summed E-state index contributed by atoms with van der Waals surface area (Å²) in [5.41, 5.74) is 6.19. The third kappa shape index (κ3) is 4.09.